The van der Waals surface area contributed by atoms with Crippen LogP contribution in [0.25, 0.3) is 10.9 Å². The van der Waals surface area contributed by atoms with E-state index in [2.05, 4.69) is 52.3 Å². The lowest BCUT2D eigenvalue weighted by Crippen LogP contribution is -2.10. The summed E-state index contributed by atoms with van der Waals surface area (Å²) in [6.45, 7) is 0.892. The topological polar surface area (TPSA) is 41.1 Å². The van der Waals surface area contributed by atoms with Crippen LogP contribution in [-0.2, 0) is 6.54 Å². The fourth-order valence-corrected chi connectivity index (χ4v) is 2.43. The fourth-order valence-electron chi connectivity index (χ4n) is 2.43. The monoisotopic (exact) mass is 302 g/mol. The molecule has 0 atom stereocenters. The van der Waals surface area contributed by atoms with Crippen molar-refractivity contribution in [1.29, 1.82) is 0 Å². The zero-order chi connectivity index (χ0) is 16.2. The molecular weight excluding hydrogens is 284 g/mol. The van der Waals surface area contributed by atoms with Crippen LogP contribution in [-0.4, -0.2) is 29.0 Å². The minimum absolute atomic E-state index is 0.577. The van der Waals surface area contributed by atoms with Crippen molar-refractivity contribution < 1.29 is 0 Å². The first-order valence-electron chi connectivity index (χ1n) is 7.38. The third-order valence-electron chi connectivity index (χ3n) is 3.43. The Labute approximate surface area is 136 Å². The average molecular weight is 302 g/mol. The SMILES string of the molecule is C#Cc1ccc2nc(Nc3cccc(CN(C)C)c3)ncc2c1. The molecule has 23 heavy (non-hydrogen) atoms. The Morgan fingerprint density at radius 1 is 1.17 bits per heavy atom. The average Bonchev–Trinajstić information content (AvgIpc) is 2.54. The molecule has 1 heterocycles. The molecule has 0 bridgehead atoms. The number of hydrogen-bond acceptors (Lipinski definition) is 4. The molecule has 0 saturated carbocycles. The summed E-state index contributed by atoms with van der Waals surface area (Å²) in [6.07, 6.45) is 7.20. The van der Waals surface area contributed by atoms with E-state index < -0.39 is 0 Å². The number of terminal acetylenes is 1. The molecule has 2 aromatic carbocycles. The first-order valence-corrected chi connectivity index (χ1v) is 7.38. The molecule has 1 aromatic heterocycles. The molecular formula is C19H18N4. The maximum atomic E-state index is 5.41. The van der Waals surface area contributed by atoms with Crippen LogP contribution in [0.15, 0.2) is 48.7 Å². The van der Waals surface area contributed by atoms with E-state index >= 15 is 0 Å². The molecule has 4 nitrogen and oxygen atoms in total. The molecule has 1 N–H and O–H groups in total. The van der Waals surface area contributed by atoms with Crippen molar-refractivity contribution in [2.45, 2.75) is 6.54 Å². The van der Waals surface area contributed by atoms with Crippen LogP contribution < -0.4 is 5.32 Å². The third-order valence-corrected chi connectivity index (χ3v) is 3.43. The number of fused-ring (bicyclic) bond motifs is 1. The summed E-state index contributed by atoms with van der Waals surface area (Å²) >= 11 is 0. The summed E-state index contributed by atoms with van der Waals surface area (Å²) in [6, 6.07) is 14.0. The number of nitrogens with one attached hydrogen (secondary N) is 1. The maximum absolute atomic E-state index is 5.41. The van der Waals surface area contributed by atoms with Crippen LogP contribution in [0.4, 0.5) is 11.6 Å². The molecule has 0 unspecified atom stereocenters. The van der Waals surface area contributed by atoms with Gasteiger partial charge in [0.1, 0.15) is 0 Å². The van der Waals surface area contributed by atoms with E-state index in [1.807, 2.05) is 30.3 Å². The van der Waals surface area contributed by atoms with Crippen molar-refractivity contribution >= 4 is 22.5 Å². The molecule has 0 amide bonds. The molecule has 0 aliphatic heterocycles. The van der Waals surface area contributed by atoms with Gasteiger partial charge in [0.05, 0.1) is 5.52 Å². The van der Waals surface area contributed by atoms with Gasteiger partial charge >= 0.3 is 0 Å². The summed E-state index contributed by atoms with van der Waals surface area (Å²) in [7, 11) is 4.11. The van der Waals surface area contributed by atoms with Gasteiger partial charge in [0, 0.05) is 29.4 Å². The number of anilines is 2. The predicted octanol–water partition coefficient (Wildman–Crippen LogP) is 3.42. The normalized spacial score (nSPS) is 10.7. The summed E-state index contributed by atoms with van der Waals surface area (Å²) in [5, 5.41) is 4.19. The van der Waals surface area contributed by atoms with Crippen molar-refractivity contribution in [3.63, 3.8) is 0 Å². The van der Waals surface area contributed by atoms with Crippen molar-refractivity contribution in [1.82, 2.24) is 14.9 Å². The smallest absolute Gasteiger partial charge is 0.227 e. The molecule has 3 aromatic rings. The van der Waals surface area contributed by atoms with Gasteiger partial charge in [0.25, 0.3) is 0 Å². The van der Waals surface area contributed by atoms with E-state index in [4.69, 9.17) is 6.42 Å². The minimum Gasteiger partial charge on any atom is -0.324 e. The van der Waals surface area contributed by atoms with Gasteiger partial charge in [-0.25, -0.2) is 9.97 Å². The summed E-state index contributed by atoms with van der Waals surface area (Å²) in [4.78, 5) is 11.0. The molecule has 4 heteroatoms. The van der Waals surface area contributed by atoms with Crippen molar-refractivity contribution in [2.75, 3.05) is 19.4 Å². The van der Waals surface area contributed by atoms with Gasteiger partial charge in [0.2, 0.25) is 5.95 Å². The number of nitrogens with zero attached hydrogens (tertiary/aromatic N) is 3. The van der Waals surface area contributed by atoms with Gasteiger partial charge in [0.15, 0.2) is 0 Å². The Bertz CT molecular complexity index is 878. The Hall–Kier alpha value is -2.90. The summed E-state index contributed by atoms with van der Waals surface area (Å²) in [5.41, 5.74) is 3.91. The molecule has 0 spiro atoms. The second kappa shape index (κ2) is 6.47. The molecule has 3 rings (SSSR count). The summed E-state index contributed by atoms with van der Waals surface area (Å²) < 4.78 is 0. The maximum Gasteiger partial charge on any atom is 0.227 e. The molecule has 0 saturated heterocycles. The quantitative estimate of drug-likeness (QED) is 0.750. The lowest BCUT2D eigenvalue weighted by atomic mass is 10.1. The van der Waals surface area contributed by atoms with Gasteiger partial charge in [-0.2, -0.15) is 0 Å². The van der Waals surface area contributed by atoms with Crippen LogP contribution >= 0.6 is 0 Å². The van der Waals surface area contributed by atoms with E-state index in [9.17, 15) is 0 Å². The highest BCUT2D eigenvalue weighted by molar-refractivity contribution is 5.80. The number of rotatable bonds is 4. The van der Waals surface area contributed by atoms with E-state index in [1.165, 1.54) is 5.56 Å². The standard InChI is InChI=1S/C19H18N4/c1-4-14-8-9-18-16(10-14)12-20-19(22-18)21-17-7-5-6-15(11-17)13-23(2)3/h1,5-12H,13H2,2-3H3,(H,20,21,22). The molecule has 114 valence electrons. The van der Waals surface area contributed by atoms with Crippen LogP contribution in [0, 0.1) is 12.3 Å². The van der Waals surface area contributed by atoms with Crippen LogP contribution in [0.1, 0.15) is 11.1 Å². The highest BCUT2D eigenvalue weighted by atomic mass is 15.1. The van der Waals surface area contributed by atoms with Crippen molar-refractivity contribution in [3.05, 3.63) is 59.8 Å². The highest BCUT2D eigenvalue weighted by Gasteiger charge is 2.03. The van der Waals surface area contributed by atoms with E-state index in [1.54, 1.807) is 6.20 Å². The Balaban J connectivity index is 1.85. The van der Waals surface area contributed by atoms with Crippen LogP contribution in [0.3, 0.4) is 0 Å². The lowest BCUT2D eigenvalue weighted by molar-refractivity contribution is 0.402. The number of hydrogen-bond donors (Lipinski definition) is 1. The first kappa shape index (κ1) is 15.0. The second-order valence-electron chi connectivity index (χ2n) is 5.67. The zero-order valence-corrected chi connectivity index (χ0v) is 13.2. The molecule has 0 fully saturated rings. The number of aromatic nitrogens is 2. The Morgan fingerprint density at radius 2 is 2.04 bits per heavy atom. The van der Waals surface area contributed by atoms with Crippen molar-refractivity contribution in [3.8, 4) is 12.3 Å². The predicted molar refractivity (Wildman–Crippen MR) is 94.6 cm³/mol. The third kappa shape index (κ3) is 3.65. The largest absolute Gasteiger partial charge is 0.324 e. The zero-order valence-electron chi connectivity index (χ0n) is 13.2. The van der Waals surface area contributed by atoms with E-state index in [0.29, 0.717) is 5.95 Å². The van der Waals surface area contributed by atoms with Gasteiger partial charge in [-0.05, 0) is 50.0 Å². The van der Waals surface area contributed by atoms with E-state index in [-0.39, 0.29) is 0 Å². The van der Waals surface area contributed by atoms with Crippen LogP contribution in [0.2, 0.25) is 0 Å². The van der Waals surface area contributed by atoms with E-state index in [0.717, 1.165) is 28.7 Å². The number of benzene rings is 2. The molecule has 0 aliphatic rings. The highest BCUT2D eigenvalue weighted by Crippen LogP contribution is 2.19. The van der Waals surface area contributed by atoms with Gasteiger partial charge in [-0.15, -0.1) is 6.42 Å². The Kier molecular flexibility index (Phi) is 4.22. The second-order valence-corrected chi connectivity index (χ2v) is 5.67. The lowest BCUT2D eigenvalue weighted by Gasteiger charge is -2.11. The van der Waals surface area contributed by atoms with Gasteiger partial charge in [-0.3, -0.25) is 0 Å². The minimum atomic E-state index is 0.577. The fraction of sp³-hybridized carbons (Fsp3) is 0.158. The van der Waals surface area contributed by atoms with Crippen LogP contribution in [0.5, 0.6) is 0 Å². The summed E-state index contributed by atoms with van der Waals surface area (Å²) in [5.74, 6) is 3.20. The first-order chi connectivity index (χ1) is 11.1. The Morgan fingerprint density at radius 3 is 2.83 bits per heavy atom. The molecule has 0 aliphatic carbocycles. The van der Waals surface area contributed by atoms with Crippen molar-refractivity contribution in [2.24, 2.45) is 0 Å². The molecule has 0 radical (unpaired) electrons. The van der Waals surface area contributed by atoms with Gasteiger partial charge in [-0.1, -0.05) is 18.1 Å². The van der Waals surface area contributed by atoms with Gasteiger partial charge < -0.3 is 10.2 Å².